The van der Waals surface area contributed by atoms with Crippen molar-refractivity contribution >= 4 is 39.5 Å². The SMILES string of the molecule is Cc1cn(CCCN(Cc2ccccc2)C(=O)[C@H]2CN([C@@H]3c4ccc(Cl)cc4CCc4cc(Br)cnc43)CCN2C(=O)NC2CCCCC2)cn1. The maximum absolute atomic E-state index is 15.1. The first-order valence-electron chi connectivity index (χ1n) is 18.4. The number of fused-ring (bicyclic) bond motifs is 2. The van der Waals surface area contributed by atoms with Crippen LogP contribution in [0.3, 0.4) is 0 Å². The van der Waals surface area contributed by atoms with E-state index in [0.29, 0.717) is 37.7 Å². The van der Waals surface area contributed by atoms with Crippen LogP contribution in [0.4, 0.5) is 4.79 Å². The van der Waals surface area contributed by atoms with Crippen molar-refractivity contribution < 1.29 is 9.59 Å². The molecule has 3 aliphatic rings. The minimum atomic E-state index is -0.667. The summed E-state index contributed by atoms with van der Waals surface area (Å²) in [5.41, 5.74) is 6.58. The molecule has 9 nitrogen and oxygen atoms in total. The Labute approximate surface area is 314 Å². The minimum Gasteiger partial charge on any atom is -0.337 e. The summed E-state index contributed by atoms with van der Waals surface area (Å²) in [5.74, 6) is -0.0295. The van der Waals surface area contributed by atoms with Gasteiger partial charge >= 0.3 is 6.03 Å². The van der Waals surface area contributed by atoms with Gasteiger partial charge in [-0.3, -0.25) is 14.7 Å². The molecule has 1 aliphatic heterocycles. The molecule has 1 N–H and O–H groups in total. The Morgan fingerprint density at radius 2 is 1.80 bits per heavy atom. The lowest BCUT2D eigenvalue weighted by Gasteiger charge is -2.45. The molecule has 7 rings (SSSR count). The fourth-order valence-corrected chi connectivity index (χ4v) is 8.67. The third-order valence-corrected chi connectivity index (χ3v) is 11.3. The molecule has 0 unspecified atom stereocenters. The molecule has 0 bridgehead atoms. The van der Waals surface area contributed by atoms with Crippen LogP contribution in [-0.4, -0.2) is 79.4 Å². The number of nitrogens with one attached hydrogen (secondary N) is 1. The molecule has 51 heavy (non-hydrogen) atoms. The van der Waals surface area contributed by atoms with Crippen LogP contribution in [0.15, 0.2) is 77.8 Å². The summed E-state index contributed by atoms with van der Waals surface area (Å²) in [7, 11) is 0. The first kappa shape index (κ1) is 35.7. The number of urea groups is 1. The smallest absolute Gasteiger partial charge is 0.318 e. The largest absolute Gasteiger partial charge is 0.337 e. The number of piperazine rings is 1. The summed E-state index contributed by atoms with van der Waals surface area (Å²) < 4.78 is 3.02. The van der Waals surface area contributed by atoms with Crippen LogP contribution < -0.4 is 5.32 Å². The van der Waals surface area contributed by atoms with Crippen LogP contribution in [0.5, 0.6) is 0 Å². The van der Waals surface area contributed by atoms with Gasteiger partial charge < -0.3 is 19.7 Å². The lowest BCUT2D eigenvalue weighted by molar-refractivity contribution is -0.139. The summed E-state index contributed by atoms with van der Waals surface area (Å²) in [6.45, 7) is 5.22. The molecule has 2 aliphatic carbocycles. The number of amides is 3. The van der Waals surface area contributed by atoms with Crippen LogP contribution in [0, 0.1) is 6.92 Å². The number of hydrogen-bond donors (Lipinski definition) is 1. The molecule has 11 heteroatoms. The predicted octanol–water partition coefficient (Wildman–Crippen LogP) is 7.34. The van der Waals surface area contributed by atoms with Gasteiger partial charge in [-0.25, -0.2) is 9.78 Å². The van der Waals surface area contributed by atoms with Crippen LogP contribution >= 0.6 is 27.5 Å². The van der Waals surface area contributed by atoms with E-state index in [1.807, 2.05) is 59.7 Å². The molecule has 2 aromatic carbocycles. The second-order valence-electron chi connectivity index (χ2n) is 14.3. The zero-order chi connectivity index (χ0) is 35.3. The third-order valence-electron chi connectivity index (χ3n) is 10.7. The highest BCUT2D eigenvalue weighted by molar-refractivity contribution is 9.10. The van der Waals surface area contributed by atoms with Crippen molar-refractivity contribution in [1.82, 2.24) is 34.6 Å². The molecule has 0 radical (unpaired) electrons. The maximum Gasteiger partial charge on any atom is 0.318 e. The van der Waals surface area contributed by atoms with Crippen LogP contribution in [0.2, 0.25) is 5.02 Å². The van der Waals surface area contributed by atoms with Crippen molar-refractivity contribution in [3.8, 4) is 0 Å². The second kappa shape index (κ2) is 16.3. The van der Waals surface area contributed by atoms with E-state index < -0.39 is 6.04 Å². The van der Waals surface area contributed by atoms with Gasteiger partial charge in [0.2, 0.25) is 5.91 Å². The van der Waals surface area contributed by atoms with Crippen molar-refractivity contribution in [2.24, 2.45) is 0 Å². The highest BCUT2D eigenvalue weighted by Gasteiger charge is 2.42. The molecule has 2 aromatic heterocycles. The number of benzene rings is 2. The van der Waals surface area contributed by atoms with E-state index in [1.54, 1.807) is 0 Å². The van der Waals surface area contributed by atoms with Crippen molar-refractivity contribution in [2.75, 3.05) is 26.2 Å². The Morgan fingerprint density at radius 3 is 2.59 bits per heavy atom. The van der Waals surface area contributed by atoms with E-state index in [-0.39, 0.29) is 24.0 Å². The quantitative estimate of drug-likeness (QED) is 0.193. The van der Waals surface area contributed by atoms with E-state index in [0.717, 1.165) is 78.5 Å². The molecule has 4 aromatic rings. The van der Waals surface area contributed by atoms with Crippen LogP contribution in [0.25, 0.3) is 0 Å². The minimum absolute atomic E-state index is 0.0295. The fraction of sp³-hybridized carbons (Fsp3) is 0.450. The number of halogens is 2. The summed E-state index contributed by atoms with van der Waals surface area (Å²) in [5, 5.41) is 4.05. The molecule has 3 heterocycles. The topological polar surface area (TPSA) is 86.6 Å². The van der Waals surface area contributed by atoms with E-state index in [2.05, 4.69) is 66.0 Å². The molecule has 0 spiro atoms. The monoisotopic (exact) mass is 771 g/mol. The Kier molecular flexibility index (Phi) is 11.4. The molecular weight excluding hydrogens is 726 g/mol. The predicted molar refractivity (Wildman–Crippen MR) is 204 cm³/mol. The molecule has 2 atom stereocenters. The normalized spacial score (nSPS) is 19.5. The molecular formula is C40H47BrClN7O2. The maximum atomic E-state index is 15.1. The molecule has 268 valence electrons. The number of aromatic nitrogens is 3. The van der Waals surface area contributed by atoms with Gasteiger partial charge in [0.05, 0.1) is 23.8 Å². The second-order valence-corrected chi connectivity index (χ2v) is 15.6. The number of pyridine rings is 1. The highest BCUT2D eigenvalue weighted by atomic mass is 79.9. The average Bonchev–Trinajstić information content (AvgIpc) is 3.49. The van der Waals surface area contributed by atoms with Gasteiger partial charge in [0.25, 0.3) is 0 Å². The lowest BCUT2D eigenvalue weighted by Crippen LogP contribution is -2.64. The number of rotatable bonds is 9. The Bertz CT molecular complexity index is 1770. The van der Waals surface area contributed by atoms with E-state index >= 15 is 4.79 Å². The zero-order valence-corrected chi connectivity index (χ0v) is 31.7. The number of carbonyl (C=O) groups excluding carboxylic acids is 2. The molecule has 1 saturated carbocycles. The van der Waals surface area contributed by atoms with E-state index in [4.69, 9.17) is 16.6 Å². The Hall–Kier alpha value is -3.73. The summed E-state index contributed by atoms with van der Waals surface area (Å²) in [4.78, 5) is 44.7. The average molecular weight is 773 g/mol. The van der Waals surface area contributed by atoms with Crippen molar-refractivity contribution in [3.63, 3.8) is 0 Å². The zero-order valence-electron chi connectivity index (χ0n) is 29.3. The van der Waals surface area contributed by atoms with Crippen LogP contribution in [-0.2, 0) is 30.7 Å². The number of hydrogen-bond acceptors (Lipinski definition) is 5. The first-order chi connectivity index (χ1) is 24.8. The van der Waals surface area contributed by atoms with Gasteiger partial charge in [-0.1, -0.05) is 67.3 Å². The van der Waals surface area contributed by atoms with E-state index in [9.17, 15) is 4.79 Å². The van der Waals surface area contributed by atoms with Gasteiger partial charge in [-0.05, 0) is 95.4 Å². The summed E-state index contributed by atoms with van der Waals surface area (Å²) in [6.07, 6.45) is 13.6. The molecule has 1 saturated heterocycles. The third kappa shape index (κ3) is 8.50. The van der Waals surface area contributed by atoms with Gasteiger partial charge in [0.1, 0.15) is 6.04 Å². The fourth-order valence-electron chi connectivity index (χ4n) is 8.10. The van der Waals surface area contributed by atoms with Gasteiger partial charge in [-0.15, -0.1) is 0 Å². The van der Waals surface area contributed by atoms with Crippen molar-refractivity contribution in [1.29, 1.82) is 0 Å². The van der Waals surface area contributed by atoms with Gasteiger partial charge in [0, 0.05) is 67.2 Å². The molecule has 2 fully saturated rings. The standard InChI is InChI=1S/C40H47BrClN7O2/c1-28-24-46(27-44-28)17-8-18-48(25-29-9-4-2-5-10-29)39(50)36-26-47(19-20-49(36)40(51)45-34-11-6-3-7-12-34)38-35-16-15-33(42)22-30(35)13-14-31-21-32(41)23-43-37(31)38/h2,4-5,9-10,15-16,21-24,27,34,36,38H,3,6-8,11-14,17-20,25-26H2,1H3,(H,45,51)/t36-,38-/m1/s1. The Balaban J connectivity index is 1.22. The highest BCUT2D eigenvalue weighted by Crippen LogP contribution is 2.39. The lowest BCUT2D eigenvalue weighted by atomic mass is 9.94. The number of carbonyl (C=O) groups is 2. The Morgan fingerprint density at radius 1 is 1.00 bits per heavy atom. The van der Waals surface area contributed by atoms with E-state index in [1.165, 1.54) is 17.5 Å². The number of imidazole rings is 1. The van der Waals surface area contributed by atoms with Crippen LogP contribution in [0.1, 0.15) is 78.2 Å². The van der Waals surface area contributed by atoms with Gasteiger partial charge in [-0.2, -0.15) is 0 Å². The molecule has 3 amide bonds. The number of aryl methyl sites for hydroxylation is 4. The summed E-state index contributed by atoms with van der Waals surface area (Å²) in [6, 6.07) is 17.6. The van der Waals surface area contributed by atoms with Gasteiger partial charge in [0.15, 0.2) is 0 Å². The number of nitrogens with zero attached hydrogens (tertiary/aromatic N) is 6. The summed E-state index contributed by atoms with van der Waals surface area (Å²) >= 11 is 10.2. The van der Waals surface area contributed by atoms with Crippen molar-refractivity contribution in [3.05, 3.63) is 116 Å². The van der Waals surface area contributed by atoms with Crippen molar-refractivity contribution in [2.45, 2.75) is 89.5 Å². The first-order valence-corrected chi connectivity index (χ1v) is 19.5.